The summed E-state index contributed by atoms with van der Waals surface area (Å²) in [5.74, 6) is 0. The number of nitrogens with two attached hydrogens (primary N) is 1. The molecular weight excluding hydrogens is 290 g/mol. The zero-order valence-electron chi connectivity index (χ0n) is 9.41. The Balaban J connectivity index is 2.43. The maximum Gasteiger partial charge on any atom is 0.336 e. The van der Waals surface area contributed by atoms with Crippen LogP contribution in [0.5, 0.6) is 0 Å². The molecule has 0 aliphatic carbocycles. The lowest BCUT2D eigenvalue weighted by atomic mass is 10.2. The van der Waals surface area contributed by atoms with Gasteiger partial charge in [-0.05, 0) is 36.5 Å². The standard InChI is InChI=1S/C10H9N3O4S2/c11-10(18)12-13-19(15,16)7-2-3-8-6(5-7)1-4-9(14)17-8/h1-5,13H,(H3,11,12,18). The number of benzene rings is 1. The minimum absolute atomic E-state index is 0.0161. The van der Waals surface area contributed by atoms with Crippen LogP contribution in [0.2, 0.25) is 0 Å². The zero-order valence-corrected chi connectivity index (χ0v) is 11.0. The molecule has 4 N–H and O–H groups in total. The quantitative estimate of drug-likeness (QED) is 0.409. The van der Waals surface area contributed by atoms with E-state index in [4.69, 9.17) is 10.2 Å². The van der Waals surface area contributed by atoms with Crippen LogP contribution in [-0.2, 0) is 10.0 Å². The number of sulfonamides is 1. The molecule has 2 rings (SSSR count). The number of rotatable bonds is 3. The highest BCUT2D eigenvalue weighted by molar-refractivity contribution is 7.89. The molecule has 0 unspecified atom stereocenters. The van der Waals surface area contributed by atoms with Crippen molar-refractivity contribution in [3.63, 3.8) is 0 Å². The molecule has 1 aromatic heterocycles. The van der Waals surface area contributed by atoms with Crippen molar-refractivity contribution in [3.8, 4) is 0 Å². The van der Waals surface area contributed by atoms with E-state index in [-0.39, 0.29) is 10.0 Å². The van der Waals surface area contributed by atoms with E-state index in [2.05, 4.69) is 17.6 Å². The lowest BCUT2D eigenvalue weighted by molar-refractivity contribution is 0.560. The first-order chi connectivity index (χ1) is 8.88. The summed E-state index contributed by atoms with van der Waals surface area (Å²) < 4.78 is 28.6. The van der Waals surface area contributed by atoms with Crippen molar-refractivity contribution in [2.24, 2.45) is 5.73 Å². The van der Waals surface area contributed by atoms with E-state index in [1.165, 1.54) is 30.3 Å². The van der Waals surface area contributed by atoms with Crippen molar-refractivity contribution in [2.45, 2.75) is 4.90 Å². The van der Waals surface area contributed by atoms with Crippen molar-refractivity contribution in [2.75, 3.05) is 0 Å². The summed E-state index contributed by atoms with van der Waals surface area (Å²) in [7, 11) is -3.81. The predicted molar refractivity (Wildman–Crippen MR) is 72.7 cm³/mol. The predicted octanol–water partition coefficient (Wildman–Crippen LogP) is -0.180. The second-order valence-corrected chi connectivity index (χ2v) is 5.67. The minimum Gasteiger partial charge on any atom is -0.423 e. The number of fused-ring (bicyclic) bond motifs is 1. The van der Waals surface area contributed by atoms with Crippen LogP contribution in [0.4, 0.5) is 0 Å². The van der Waals surface area contributed by atoms with Crippen molar-refractivity contribution < 1.29 is 12.8 Å². The van der Waals surface area contributed by atoms with Crippen molar-refractivity contribution in [3.05, 3.63) is 40.8 Å². The molecule has 0 saturated carbocycles. The SMILES string of the molecule is NC(=S)NNS(=O)(=O)c1ccc2oc(=O)ccc2c1. The van der Waals surface area contributed by atoms with Gasteiger partial charge in [-0.25, -0.2) is 13.2 Å². The van der Waals surface area contributed by atoms with Crippen LogP contribution in [0.1, 0.15) is 0 Å². The fourth-order valence-corrected chi connectivity index (χ4v) is 2.40. The van der Waals surface area contributed by atoms with Gasteiger partial charge in [0.2, 0.25) is 0 Å². The van der Waals surface area contributed by atoms with Crippen molar-refractivity contribution in [1.82, 2.24) is 10.3 Å². The van der Waals surface area contributed by atoms with Crippen LogP contribution in [0, 0.1) is 0 Å². The van der Waals surface area contributed by atoms with Crippen molar-refractivity contribution in [1.29, 1.82) is 0 Å². The van der Waals surface area contributed by atoms with Crippen LogP contribution >= 0.6 is 12.2 Å². The Labute approximate surface area is 113 Å². The Kier molecular flexibility index (Phi) is 3.51. The van der Waals surface area contributed by atoms with Crippen LogP contribution < -0.4 is 21.6 Å². The van der Waals surface area contributed by atoms with Gasteiger partial charge in [-0.15, -0.1) is 4.83 Å². The lowest BCUT2D eigenvalue weighted by Crippen LogP contribution is -2.44. The topological polar surface area (TPSA) is 114 Å². The zero-order chi connectivity index (χ0) is 14.0. The summed E-state index contributed by atoms with van der Waals surface area (Å²) in [4.78, 5) is 13.0. The van der Waals surface area contributed by atoms with E-state index in [0.29, 0.717) is 11.0 Å². The normalized spacial score (nSPS) is 11.4. The van der Waals surface area contributed by atoms with E-state index in [1.54, 1.807) is 0 Å². The highest BCUT2D eigenvalue weighted by Crippen LogP contribution is 2.17. The Bertz CT molecular complexity index is 798. The van der Waals surface area contributed by atoms with Gasteiger partial charge >= 0.3 is 5.63 Å². The van der Waals surface area contributed by atoms with Gasteiger partial charge in [-0.1, -0.05) is 0 Å². The van der Waals surface area contributed by atoms with E-state index in [1.807, 2.05) is 4.83 Å². The van der Waals surface area contributed by atoms with Gasteiger partial charge in [0.1, 0.15) is 5.58 Å². The van der Waals surface area contributed by atoms with Gasteiger partial charge in [0.25, 0.3) is 10.0 Å². The maximum absolute atomic E-state index is 11.9. The van der Waals surface area contributed by atoms with Crippen LogP contribution in [-0.4, -0.2) is 13.5 Å². The number of hydrogen-bond acceptors (Lipinski definition) is 5. The van der Waals surface area contributed by atoms with Crippen LogP contribution in [0.25, 0.3) is 11.0 Å². The van der Waals surface area contributed by atoms with Gasteiger partial charge in [0, 0.05) is 11.5 Å². The molecule has 0 bridgehead atoms. The van der Waals surface area contributed by atoms with E-state index in [0.717, 1.165) is 0 Å². The van der Waals surface area contributed by atoms with Gasteiger partial charge < -0.3 is 10.2 Å². The van der Waals surface area contributed by atoms with Gasteiger partial charge in [0.05, 0.1) is 4.90 Å². The fraction of sp³-hybridized carbons (Fsp3) is 0. The molecule has 0 fully saturated rings. The summed E-state index contributed by atoms with van der Waals surface area (Å²) >= 11 is 4.49. The third-order valence-electron chi connectivity index (χ3n) is 2.21. The Hall–Kier alpha value is -1.97. The molecule has 9 heteroatoms. The first-order valence-electron chi connectivity index (χ1n) is 5.00. The molecule has 0 amide bonds. The molecule has 0 radical (unpaired) electrons. The summed E-state index contributed by atoms with van der Waals surface area (Å²) in [5.41, 5.74) is 7.06. The molecule has 0 saturated heterocycles. The van der Waals surface area contributed by atoms with Gasteiger partial charge in [0.15, 0.2) is 5.11 Å². The highest BCUT2D eigenvalue weighted by Gasteiger charge is 2.14. The smallest absolute Gasteiger partial charge is 0.336 e. The summed E-state index contributed by atoms with van der Waals surface area (Å²) in [5, 5.41) is 0.285. The van der Waals surface area contributed by atoms with Gasteiger partial charge in [-0.2, -0.15) is 0 Å². The van der Waals surface area contributed by atoms with Crippen molar-refractivity contribution >= 4 is 38.3 Å². The largest absolute Gasteiger partial charge is 0.423 e. The molecule has 0 atom stereocenters. The molecular formula is C10H9N3O4S2. The number of hydrogen-bond donors (Lipinski definition) is 3. The molecule has 0 aliphatic rings. The number of thiocarbonyl (C=S) groups is 1. The van der Waals surface area contributed by atoms with Crippen LogP contribution in [0.15, 0.2) is 44.4 Å². The Morgan fingerprint density at radius 1 is 1.26 bits per heavy atom. The summed E-state index contributed by atoms with van der Waals surface area (Å²) in [6, 6.07) is 6.74. The molecule has 7 nitrogen and oxygen atoms in total. The number of hydrazine groups is 1. The maximum atomic E-state index is 11.9. The monoisotopic (exact) mass is 299 g/mol. The van der Waals surface area contributed by atoms with E-state index >= 15 is 0 Å². The summed E-state index contributed by atoms with van der Waals surface area (Å²) in [6.45, 7) is 0. The molecule has 1 aromatic carbocycles. The van der Waals surface area contributed by atoms with Crippen LogP contribution in [0.3, 0.4) is 0 Å². The third kappa shape index (κ3) is 3.08. The molecule has 1 heterocycles. The fourth-order valence-electron chi connectivity index (χ4n) is 1.39. The van der Waals surface area contributed by atoms with E-state index in [9.17, 15) is 13.2 Å². The Morgan fingerprint density at radius 2 is 2.00 bits per heavy atom. The number of nitrogens with one attached hydrogen (secondary N) is 2. The average molecular weight is 299 g/mol. The third-order valence-corrected chi connectivity index (χ3v) is 3.56. The highest BCUT2D eigenvalue weighted by atomic mass is 32.2. The first kappa shape index (κ1) is 13.5. The molecule has 2 aromatic rings. The minimum atomic E-state index is -3.81. The second kappa shape index (κ2) is 4.96. The van der Waals surface area contributed by atoms with Gasteiger partial charge in [-0.3, -0.25) is 5.43 Å². The second-order valence-electron chi connectivity index (χ2n) is 3.55. The van der Waals surface area contributed by atoms with E-state index < -0.39 is 15.6 Å². The lowest BCUT2D eigenvalue weighted by Gasteiger charge is -2.08. The molecule has 19 heavy (non-hydrogen) atoms. The Morgan fingerprint density at radius 3 is 2.68 bits per heavy atom. The average Bonchev–Trinajstić information content (AvgIpc) is 2.36. The first-order valence-corrected chi connectivity index (χ1v) is 6.89. The molecule has 0 aliphatic heterocycles. The molecule has 0 spiro atoms. The summed E-state index contributed by atoms with van der Waals surface area (Å²) in [6.07, 6.45) is 0. The molecule has 100 valence electrons.